The maximum absolute atomic E-state index is 13.7. The number of nitrogens with zero attached hydrogens (tertiary/aromatic N) is 3. The molecule has 2 heterocycles. The van der Waals surface area contributed by atoms with Crippen molar-refractivity contribution in [2.75, 3.05) is 11.9 Å². The summed E-state index contributed by atoms with van der Waals surface area (Å²) in [6.07, 6.45) is 1.96. The molecule has 0 spiro atoms. The minimum Gasteiger partial charge on any atom is -0.504 e. The van der Waals surface area contributed by atoms with Gasteiger partial charge in [0.1, 0.15) is 5.69 Å². The fourth-order valence-electron chi connectivity index (χ4n) is 4.28. The molecule has 0 aliphatic carbocycles. The van der Waals surface area contributed by atoms with Gasteiger partial charge in [-0.3, -0.25) is 0 Å². The number of hydrogen-bond acceptors (Lipinski definition) is 7. The SMILES string of the molecule is CCCCc1nc(O)c(S(=O)(=O)c2ccc(-c3ccc(F)nc3C)cc2)c(O)c1N(C)c1cccc(Cl)c1. The summed E-state index contributed by atoms with van der Waals surface area (Å²) in [5.41, 5.74) is 2.87. The Morgan fingerprint density at radius 2 is 1.74 bits per heavy atom. The molecule has 4 rings (SSSR count). The molecule has 0 saturated heterocycles. The van der Waals surface area contributed by atoms with Crippen molar-refractivity contribution in [2.24, 2.45) is 0 Å². The van der Waals surface area contributed by atoms with E-state index in [0.29, 0.717) is 46.1 Å². The first-order valence-electron chi connectivity index (χ1n) is 12.0. The van der Waals surface area contributed by atoms with Crippen LogP contribution in [0.25, 0.3) is 11.1 Å². The molecule has 0 amide bonds. The number of unbranched alkanes of at least 4 members (excludes halogenated alkanes) is 1. The van der Waals surface area contributed by atoms with Crippen molar-refractivity contribution in [3.63, 3.8) is 0 Å². The molecule has 2 aromatic heterocycles. The summed E-state index contributed by atoms with van der Waals surface area (Å²) in [7, 11) is -2.72. The van der Waals surface area contributed by atoms with Gasteiger partial charge in [-0.05, 0) is 67.8 Å². The largest absolute Gasteiger partial charge is 0.504 e. The van der Waals surface area contributed by atoms with Crippen molar-refractivity contribution in [1.82, 2.24) is 9.97 Å². The summed E-state index contributed by atoms with van der Waals surface area (Å²) < 4.78 is 40.7. The van der Waals surface area contributed by atoms with Crippen LogP contribution in [0.3, 0.4) is 0 Å². The predicted molar refractivity (Wildman–Crippen MR) is 146 cm³/mol. The first-order valence-corrected chi connectivity index (χ1v) is 13.8. The number of hydrogen-bond donors (Lipinski definition) is 2. The molecule has 0 fully saturated rings. The number of aromatic hydroxyl groups is 2. The Bertz CT molecular complexity index is 1590. The van der Waals surface area contributed by atoms with Crippen LogP contribution in [-0.4, -0.2) is 35.6 Å². The zero-order valence-electron chi connectivity index (χ0n) is 21.1. The molecule has 0 unspecified atom stereocenters. The molecule has 0 atom stereocenters. The van der Waals surface area contributed by atoms with Crippen LogP contribution < -0.4 is 4.90 Å². The highest BCUT2D eigenvalue weighted by atomic mass is 35.5. The highest BCUT2D eigenvalue weighted by molar-refractivity contribution is 7.91. The normalized spacial score (nSPS) is 11.5. The van der Waals surface area contributed by atoms with Gasteiger partial charge in [-0.2, -0.15) is 4.39 Å². The molecule has 0 saturated carbocycles. The average molecular weight is 556 g/mol. The standard InChI is InChI=1S/C28H27ClFN3O4S/c1-4-5-9-23-25(33(3)20-8-6-7-19(29)16-20)26(34)27(28(35)32-23)38(36,37)21-12-10-18(11-13-21)22-14-15-24(30)31-17(22)2/h6-8,10-16H,4-5,9H2,1-3H3,(H2,32,34,35). The van der Waals surface area contributed by atoms with E-state index in [2.05, 4.69) is 9.97 Å². The highest BCUT2D eigenvalue weighted by Gasteiger charge is 2.32. The first kappa shape index (κ1) is 27.3. The highest BCUT2D eigenvalue weighted by Crippen LogP contribution is 2.45. The number of aromatic nitrogens is 2. The van der Waals surface area contributed by atoms with Gasteiger partial charge >= 0.3 is 0 Å². The van der Waals surface area contributed by atoms with Gasteiger partial charge in [-0.15, -0.1) is 0 Å². The zero-order chi connectivity index (χ0) is 27.6. The van der Waals surface area contributed by atoms with Gasteiger partial charge in [0.2, 0.25) is 21.7 Å². The molecule has 38 heavy (non-hydrogen) atoms. The van der Waals surface area contributed by atoms with E-state index in [1.807, 2.05) is 6.92 Å². The Balaban J connectivity index is 1.83. The lowest BCUT2D eigenvalue weighted by Gasteiger charge is -2.25. The molecule has 2 N–H and O–H groups in total. The number of anilines is 2. The second kappa shape index (κ2) is 11.0. The van der Waals surface area contributed by atoms with Gasteiger partial charge in [0, 0.05) is 29.0 Å². The van der Waals surface area contributed by atoms with E-state index in [1.54, 1.807) is 61.3 Å². The van der Waals surface area contributed by atoms with Gasteiger partial charge in [0.15, 0.2) is 10.6 Å². The lowest BCUT2D eigenvalue weighted by Crippen LogP contribution is -2.15. The molecular formula is C28H27ClFN3O4S. The number of rotatable bonds is 8. The quantitative estimate of drug-likeness (QED) is 0.236. The number of pyridine rings is 2. The fraction of sp³-hybridized carbons (Fsp3) is 0.214. The van der Waals surface area contributed by atoms with Crippen LogP contribution in [0, 0.1) is 12.9 Å². The summed E-state index contributed by atoms with van der Waals surface area (Å²) in [4.78, 5) is 8.78. The molecule has 10 heteroatoms. The van der Waals surface area contributed by atoms with E-state index in [1.165, 1.54) is 18.2 Å². The lowest BCUT2D eigenvalue weighted by atomic mass is 10.1. The van der Waals surface area contributed by atoms with Crippen LogP contribution in [0.2, 0.25) is 5.02 Å². The lowest BCUT2D eigenvalue weighted by molar-refractivity contribution is 0.405. The first-order chi connectivity index (χ1) is 18.0. The maximum Gasteiger partial charge on any atom is 0.234 e. The van der Waals surface area contributed by atoms with Crippen molar-refractivity contribution in [1.29, 1.82) is 0 Å². The average Bonchev–Trinajstić information content (AvgIpc) is 2.87. The van der Waals surface area contributed by atoms with Crippen molar-refractivity contribution < 1.29 is 23.0 Å². The third-order valence-electron chi connectivity index (χ3n) is 6.25. The van der Waals surface area contributed by atoms with Gasteiger partial charge < -0.3 is 15.1 Å². The van der Waals surface area contributed by atoms with Crippen LogP contribution in [0.4, 0.5) is 15.8 Å². The zero-order valence-corrected chi connectivity index (χ0v) is 22.7. The molecule has 4 aromatic rings. The Hall–Kier alpha value is -3.69. The van der Waals surface area contributed by atoms with Gasteiger partial charge in [0.25, 0.3) is 0 Å². The predicted octanol–water partition coefficient (Wildman–Crippen LogP) is 6.60. The van der Waals surface area contributed by atoms with Gasteiger partial charge in [-0.1, -0.05) is 43.1 Å². The second-order valence-electron chi connectivity index (χ2n) is 8.85. The summed E-state index contributed by atoms with van der Waals surface area (Å²) in [6, 6.07) is 15.5. The van der Waals surface area contributed by atoms with Crippen LogP contribution in [-0.2, 0) is 16.3 Å². The fourth-order valence-corrected chi connectivity index (χ4v) is 5.83. The number of aryl methyl sites for hydroxylation is 2. The van der Waals surface area contributed by atoms with E-state index in [0.717, 1.165) is 6.42 Å². The van der Waals surface area contributed by atoms with Crippen LogP contribution >= 0.6 is 11.6 Å². The van der Waals surface area contributed by atoms with E-state index >= 15 is 0 Å². The third kappa shape index (κ3) is 5.30. The molecule has 0 aliphatic heterocycles. The number of benzene rings is 2. The van der Waals surface area contributed by atoms with Crippen LogP contribution in [0.15, 0.2) is 70.5 Å². The van der Waals surface area contributed by atoms with E-state index in [9.17, 15) is 23.0 Å². The summed E-state index contributed by atoms with van der Waals surface area (Å²) in [5, 5.41) is 22.6. The summed E-state index contributed by atoms with van der Waals surface area (Å²) in [5.74, 6) is -1.99. The number of sulfone groups is 1. The summed E-state index contributed by atoms with van der Waals surface area (Å²) >= 11 is 6.16. The van der Waals surface area contributed by atoms with Crippen LogP contribution in [0.5, 0.6) is 11.6 Å². The Labute approximate surface area is 226 Å². The third-order valence-corrected chi connectivity index (χ3v) is 8.29. The minimum absolute atomic E-state index is 0.154. The van der Waals surface area contributed by atoms with Crippen molar-refractivity contribution in [2.45, 2.75) is 42.9 Å². The summed E-state index contributed by atoms with van der Waals surface area (Å²) in [6.45, 7) is 3.65. The van der Waals surface area contributed by atoms with E-state index < -0.39 is 32.3 Å². The van der Waals surface area contributed by atoms with E-state index in [-0.39, 0.29) is 10.6 Å². The van der Waals surface area contributed by atoms with Crippen LogP contribution in [0.1, 0.15) is 31.2 Å². The molecule has 0 radical (unpaired) electrons. The molecule has 198 valence electrons. The molecule has 7 nitrogen and oxygen atoms in total. The molecular weight excluding hydrogens is 529 g/mol. The Morgan fingerprint density at radius 1 is 1.03 bits per heavy atom. The Kier molecular flexibility index (Phi) is 7.89. The maximum atomic E-state index is 13.7. The smallest absolute Gasteiger partial charge is 0.234 e. The molecule has 0 bridgehead atoms. The Morgan fingerprint density at radius 3 is 2.37 bits per heavy atom. The number of halogens is 2. The van der Waals surface area contributed by atoms with Crippen molar-refractivity contribution in [3.05, 3.63) is 83.0 Å². The van der Waals surface area contributed by atoms with E-state index in [4.69, 9.17) is 11.6 Å². The second-order valence-corrected chi connectivity index (χ2v) is 11.2. The van der Waals surface area contributed by atoms with Crippen molar-refractivity contribution >= 4 is 32.8 Å². The van der Waals surface area contributed by atoms with Gasteiger partial charge in [0.05, 0.1) is 10.6 Å². The topological polar surface area (TPSA) is 104 Å². The van der Waals surface area contributed by atoms with Gasteiger partial charge in [-0.25, -0.2) is 18.4 Å². The molecule has 0 aliphatic rings. The van der Waals surface area contributed by atoms with Crippen molar-refractivity contribution in [3.8, 4) is 22.8 Å². The monoisotopic (exact) mass is 555 g/mol. The molecule has 2 aromatic carbocycles. The minimum atomic E-state index is -4.39.